The molecule has 17 heavy (non-hydrogen) atoms. The molecule has 1 nitrogen and oxygen atoms in total. The fourth-order valence-corrected chi connectivity index (χ4v) is 1.95. The van der Waals surface area contributed by atoms with E-state index in [1.165, 1.54) is 11.1 Å². The van der Waals surface area contributed by atoms with E-state index in [0.29, 0.717) is 12.2 Å². The molecule has 0 saturated carbocycles. The van der Waals surface area contributed by atoms with Crippen molar-refractivity contribution in [2.45, 2.75) is 40.0 Å². The first-order chi connectivity index (χ1) is 7.97. The van der Waals surface area contributed by atoms with Crippen molar-refractivity contribution >= 4 is 5.78 Å². The largest absolute Gasteiger partial charge is 0.299 e. The number of Topliss-reactive ketones (excluding diaryl/α,β-unsaturated/α-hetero) is 1. The summed E-state index contributed by atoms with van der Waals surface area (Å²) in [5.41, 5.74) is 2.27. The fraction of sp³-hybridized carbons (Fsp3) is 0.438. The Morgan fingerprint density at radius 3 is 2.59 bits per heavy atom. The molecule has 0 aliphatic heterocycles. The van der Waals surface area contributed by atoms with Crippen LogP contribution in [0, 0.1) is 12.3 Å². The van der Waals surface area contributed by atoms with Gasteiger partial charge in [-0.15, -0.1) is 6.58 Å². The molecule has 1 rings (SSSR count). The summed E-state index contributed by atoms with van der Waals surface area (Å²) in [4.78, 5) is 12.1. The van der Waals surface area contributed by atoms with Gasteiger partial charge in [-0.3, -0.25) is 4.79 Å². The van der Waals surface area contributed by atoms with E-state index in [-0.39, 0.29) is 5.41 Å². The third kappa shape index (κ3) is 3.85. The van der Waals surface area contributed by atoms with Crippen molar-refractivity contribution in [2.75, 3.05) is 0 Å². The lowest BCUT2D eigenvalue weighted by Crippen LogP contribution is -2.23. The average molecular weight is 230 g/mol. The Morgan fingerprint density at radius 1 is 1.35 bits per heavy atom. The Balaban J connectivity index is 2.60. The molecular formula is C16H22O. The van der Waals surface area contributed by atoms with Crippen LogP contribution in [0.2, 0.25) is 0 Å². The van der Waals surface area contributed by atoms with Crippen molar-refractivity contribution in [1.29, 1.82) is 0 Å². The van der Waals surface area contributed by atoms with E-state index in [9.17, 15) is 4.79 Å². The number of benzene rings is 1. The van der Waals surface area contributed by atoms with Crippen LogP contribution in [0.1, 0.15) is 37.8 Å². The number of hydrogen-bond donors (Lipinski definition) is 0. The van der Waals surface area contributed by atoms with Crippen LogP contribution in [0.4, 0.5) is 0 Å². The van der Waals surface area contributed by atoms with Crippen molar-refractivity contribution in [1.82, 2.24) is 0 Å². The number of aryl methyl sites for hydroxylation is 2. The highest BCUT2D eigenvalue weighted by Gasteiger charge is 2.25. The number of carbonyl (C=O) groups is 1. The van der Waals surface area contributed by atoms with Crippen molar-refractivity contribution in [3.05, 3.63) is 48.0 Å². The molecule has 0 bridgehead atoms. The van der Waals surface area contributed by atoms with E-state index in [1.807, 2.05) is 32.1 Å². The number of hydrogen-bond acceptors (Lipinski definition) is 1. The Bertz CT molecular complexity index is 402. The lowest BCUT2D eigenvalue weighted by molar-refractivity contribution is -0.126. The predicted octanol–water partition coefficient (Wildman–Crippen LogP) is 4.10. The van der Waals surface area contributed by atoms with Gasteiger partial charge in [0.05, 0.1) is 0 Å². The lowest BCUT2D eigenvalue weighted by atomic mass is 9.82. The highest BCUT2D eigenvalue weighted by atomic mass is 16.1. The minimum Gasteiger partial charge on any atom is -0.299 e. The van der Waals surface area contributed by atoms with Gasteiger partial charge in [0.2, 0.25) is 0 Å². The van der Waals surface area contributed by atoms with Gasteiger partial charge in [0.15, 0.2) is 0 Å². The Morgan fingerprint density at radius 2 is 2.00 bits per heavy atom. The van der Waals surface area contributed by atoms with Crippen LogP contribution < -0.4 is 0 Å². The number of allylic oxidation sites excluding steroid dienone is 1. The van der Waals surface area contributed by atoms with Crippen LogP contribution in [-0.4, -0.2) is 5.78 Å². The Labute approximate surface area is 105 Å². The first kappa shape index (κ1) is 13.7. The molecule has 0 aromatic heterocycles. The summed E-state index contributed by atoms with van der Waals surface area (Å²) in [5.74, 6) is 0.320. The van der Waals surface area contributed by atoms with Crippen molar-refractivity contribution in [3.8, 4) is 0 Å². The number of ketones is 1. The molecule has 0 N–H and O–H groups in total. The fourth-order valence-electron chi connectivity index (χ4n) is 1.95. The van der Waals surface area contributed by atoms with Gasteiger partial charge in [-0.05, 0) is 30.9 Å². The molecule has 0 aliphatic rings. The molecule has 0 radical (unpaired) electrons. The molecule has 1 aromatic carbocycles. The van der Waals surface area contributed by atoms with Gasteiger partial charge in [-0.2, -0.15) is 0 Å². The normalized spacial score (nSPS) is 11.2. The standard InChI is InChI=1S/C16H22O/c1-5-12-16(3,4)15(17)11-10-14-9-7-6-8-13(14)2/h5-9H,1,10-12H2,2-4H3. The average Bonchev–Trinajstić information content (AvgIpc) is 2.27. The molecule has 92 valence electrons. The molecule has 0 heterocycles. The molecular weight excluding hydrogens is 208 g/mol. The topological polar surface area (TPSA) is 17.1 Å². The van der Waals surface area contributed by atoms with Crippen LogP contribution in [-0.2, 0) is 11.2 Å². The maximum absolute atomic E-state index is 12.1. The van der Waals surface area contributed by atoms with E-state index in [4.69, 9.17) is 0 Å². The highest BCUT2D eigenvalue weighted by Crippen LogP contribution is 2.24. The minimum absolute atomic E-state index is 0.273. The second-order valence-electron chi connectivity index (χ2n) is 5.23. The van der Waals surface area contributed by atoms with E-state index >= 15 is 0 Å². The summed E-state index contributed by atoms with van der Waals surface area (Å²) in [7, 11) is 0. The number of carbonyl (C=O) groups excluding carboxylic acids is 1. The van der Waals surface area contributed by atoms with Gasteiger partial charge in [0, 0.05) is 11.8 Å². The van der Waals surface area contributed by atoms with E-state index in [2.05, 4.69) is 25.6 Å². The van der Waals surface area contributed by atoms with E-state index < -0.39 is 0 Å². The zero-order valence-corrected chi connectivity index (χ0v) is 11.1. The van der Waals surface area contributed by atoms with Crippen molar-refractivity contribution < 1.29 is 4.79 Å². The molecule has 0 fully saturated rings. The molecule has 0 unspecified atom stereocenters. The number of rotatable bonds is 6. The molecule has 1 heteroatoms. The zero-order chi connectivity index (χ0) is 12.9. The van der Waals surface area contributed by atoms with Gasteiger partial charge in [0.1, 0.15) is 5.78 Å². The predicted molar refractivity (Wildman–Crippen MR) is 73.1 cm³/mol. The highest BCUT2D eigenvalue weighted by molar-refractivity contribution is 5.84. The molecule has 0 atom stereocenters. The molecule has 1 aromatic rings. The van der Waals surface area contributed by atoms with Crippen LogP contribution in [0.25, 0.3) is 0 Å². The van der Waals surface area contributed by atoms with Gasteiger partial charge < -0.3 is 0 Å². The summed E-state index contributed by atoms with van der Waals surface area (Å²) < 4.78 is 0. The van der Waals surface area contributed by atoms with Gasteiger partial charge in [0.25, 0.3) is 0 Å². The second-order valence-corrected chi connectivity index (χ2v) is 5.23. The van der Waals surface area contributed by atoms with Gasteiger partial charge in [-0.25, -0.2) is 0 Å². The van der Waals surface area contributed by atoms with E-state index in [1.54, 1.807) is 0 Å². The minimum atomic E-state index is -0.273. The third-order valence-corrected chi connectivity index (χ3v) is 3.29. The Hall–Kier alpha value is -1.37. The summed E-state index contributed by atoms with van der Waals surface area (Å²) in [6, 6.07) is 8.25. The van der Waals surface area contributed by atoms with Crippen molar-refractivity contribution in [3.63, 3.8) is 0 Å². The molecule has 0 saturated heterocycles. The Kier molecular flexibility index (Phi) is 4.68. The maximum atomic E-state index is 12.1. The molecule has 0 amide bonds. The van der Waals surface area contributed by atoms with Crippen LogP contribution in [0.5, 0.6) is 0 Å². The zero-order valence-electron chi connectivity index (χ0n) is 11.1. The molecule has 0 aliphatic carbocycles. The second kappa shape index (κ2) is 5.81. The first-order valence-electron chi connectivity index (χ1n) is 6.16. The van der Waals surface area contributed by atoms with E-state index in [0.717, 1.165) is 12.8 Å². The maximum Gasteiger partial charge on any atom is 0.139 e. The summed E-state index contributed by atoms with van der Waals surface area (Å²) in [5, 5.41) is 0. The quantitative estimate of drug-likeness (QED) is 0.672. The smallest absolute Gasteiger partial charge is 0.139 e. The van der Waals surface area contributed by atoms with Crippen LogP contribution in [0.15, 0.2) is 36.9 Å². The van der Waals surface area contributed by atoms with Crippen LogP contribution in [0.3, 0.4) is 0 Å². The monoisotopic (exact) mass is 230 g/mol. The van der Waals surface area contributed by atoms with Gasteiger partial charge in [-0.1, -0.05) is 44.2 Å². The summed E-state index contributed by atoms with van der Waals surface area (Å²) in [6.45, 7) is 9.79. The summed E-state index contributed by atoms with van der Waals surface area (Å²) in [6.07, 6.45) is 4.03. The van der Waals surface area contributed by atoms with Crippen LogP contribution >= 0.6 is 0 Å². The lowest BCUT2D eigenvalue weighted by Gasteiger charge is -2.21. The summed E-state index contributed by atoms with van der Waals surface area (Å²) >= 11 is 0. The SMILES string of the molecule is C=CCC(C)(C)C(=O)CCc1ccccc1C. The van der Waals surface area contributed by atoms with Gasteiger partial charge >= 0.3 is 0 Å². The first-order valence-corrected chi connectivity index (χ1v) is 6.16. The molecule has 0 spiro atoms. The van der Waals surface area contributed by atoms with Crippen molar-refractivity contribution in [2.24, 2.45) is 5.41 Å². The third-order valence-electron chi connectivity index (χ3n) is 3.29.